The summed E-state index contributed by atoms with van der Waals surface area (Å²) in [5.41, 5.74) is 0. The van der Waals surface area contributed by atoms with Crippen molar-refractivity contribution in [1.29, 1.82) is 0 Å². The van der Waals surface area contributed by atoms with Gasteiger partial charge in [-0.2, -0.15) is 0 Å². The molecule has 1 heterocycles. The largest absolute Gasteiger partial charge is 0.375 e. The highest BCUT2D eigenvalue weighted by molar-refractivity contribution is 5.78. The molecule has 0 aromatic carbocycles. The average molecular weight is 226 g/mol. The van der Waals surface area contributed by atoms with Gasteiger partial charge in [0.2, 0.25) is 5.91 Å². The number of carbonyl (C=O) groups excluding carboxylic acids is 1. The number of rotatable bonds is 4. The van der Waals surface area contributed by atoms with Gasteiger partial charge in [-0.1, -0.05) is 0 Å². The molecular weight excluding hydrogens is 204 g/mol. The van der Waals surface area contributed by atoms with E-state index in [1.807, 2.05) is 0 Å². The van der Waals surface area contributed by atoms with E-state index in [0.29, 0.717) is 30.8 Å². The maximum absolute atomic E-state index is 11.5. The minimum atomic E-state index is 0.134. The van der Waals surface area contributed by atoms with Crippen LogP contribution in [0.4, 0.5) is 0 Å². The van der Waals surface area contributed by atoms with Crippen LogP contribution in [0, 0.1) is 0 Å². The molecule has 2 aliphatic rings. The highest BCUT2D eigenvalue weighted by Gasteiger charge is 2.26. The van der Waals surface area contributed by atoms with E-state index in [2.05, 4.69) is 24.5 Å². The number of nitrogens with one attached hydrogen (secondary N) is 2. The molecule has 16 heavy (non-hydrogen) atoms. The van der Waals surface area contributed by atoms with Crippen LogP contribution >= 0.6 is 0 Å². The minimum Gasteiger partial charge on any atom is -0.375 e. The second kappa shape index (κ2) is 5.15. The summed E-state index contributed by atoms with van der Waals surface area (Å²) in [6.07, 6.45) is 4.90. The first-order valence-electron chi connectivity index (χ1n) is 6.31. The lowest BCUT2D eigenvalue weighted by molar-refractivity contribution is -0.120. The monoisotopic (exact) mass is 226 g/mol. The second-order valence-electron chi connectivity index (χ2n) is 5.15. The third-order valence-electron chi connectivity index (χ3n) is 3.19. The Labute approximate surface area is 97.1 Å². The first-order valence-corrected chi connectivity index (χ1v) is 6.31. The molecule has 4 nitrogen and oxygen atoms in total. The van der Waals surface area contributed by atoms with Crippen molar-refractivity contribution in [3.8, 4) is 0 Å². The third-order valence-corrected chi connectivity index (χ3v) is 3.19. The van der Waals surface area contributed by atoms with Crippen molar-refractivity contribution in [3.63, 3.8) is 0 Å². The van der Waals surface area contributed by atoms with Crippen molar-refractivity contribution in [2.75, 3.05) is 6.54 Å². The summed E-state index contributed by atoms with van der Waals surface area (Å²) >= 11 is 0. The predicted molar refractivity (Wildman–Crippen MR) is 62.2 cm³/mol. The molecule has 1 aliphatic heterocycles. The number of carbonyl (C=O) groups is 1. The van der Waals surface area contributed by atoms with Crippen molar-refractivity contribution < 1.29 is 9.53 Å². The Kier molecular flexibility index (Phi) is 3.82. The topological polar surface area (TPSA) is 50.4 Å². The maximum atomic E-state index is 11.5. The van der Waals surface area contributed by atoms with Crippen LogP contribution < -0.4 is 10.6 Å². The van der Waals surface area contributed by atoms with E-state index in [4.69, 9.17) is 4.74 Å². The van der Waals surface area contributed by atoms with Crippen molar-refractivity contribution in [1.82, 2.24) is 10.6 Å². The first kappa shape index (κ1) is 11.9. The van der Waals surface area contributed by atoms with Gasteiger partial charge in [-0.15, -0.1) is 0 Å². The van der Waals surface area contributed by atoms with Crippen molar-refractivity contribution in [2.24, 2.45) is 0 Å². The summed E-state index contributed by atoms with van der Waals surface area (Å²) in [7, 11) is 0. The van der Waals surface area contributed by atoms with Crippen LogP contribution in [0.5, 0.6) is 0 Å². The van der Waals surface area contributed by atoms with E-state index in [1.165, 1.54) is 0 Å². The molecule has 0 aromatic heterocycles. The number of amides is 1. The van der Waals surface area contributed by atoms with Crippen LogP contribution in [0.3, 0.4) is 0 Å². The normalized spacial score (nSPS) is 34.8. The summed E-state index contributed by atoms with van der Waals surface area (Å²) in [5.74, 6) is 0.134. The standard InChI is InChI=1S/C12H22N2O2/c1-8-5-11(6-9(2)16-8)13-7-12(15)14-10-3-4-10/h8-11,13H,3-7H2,1-2H3,(H,14,15). The van der Waals surface area contributed by atoms with Gasteiger partial charge in [0, 0.05) is 12.1 Å². The Hall–Kier alpha value is -0.610. The van der Waals surface area contributed by atoms with Crippen LogP contribution in [0.2, 0.25) is 0 Å². The number of ether oxygens (including phenoxy) is 1. The molecule has 1 saturated heterocycles. The molecule has 2 unspecified atom stereocenters. The number of hydrogen-bond donors (Lipinski definition) is 2. The van der Waals surface area contributed by atoms with Gasteiger partial charge in [0.1, 0.15) is 0 Å². The van der Waals surface area contributed by atoms with E-state index >= 15 is 0 Å². The molecule has 0 aromatic rings. The number of hydrogen-bond acceptors (Lipinski definition) is 3. The molecule has 1 amide bonds. The summed E-state index contributed by atoms with van der Waals surface area (Å²) in [5, 5.41) is 6.31. The van der Waals surface area contributed by atoms with Gasteiger partial charge in [-0.25, -0.2) is 0 Å². The Morgan fingerprint density at radius 1 is 1.19 bits per heavy atom. The molecule has 0 bridgehead atoms. The predicted octanol–water partition coefficient (Wildman–Crippen LogP) is 0.811. The second-order valence-corrected chi connectivity index (χ2v) is 5.15. The van der Waals surface area contributed by atoms with Crippen molar-refractivity contribution >= 4 is 5.91 Å². The van der Waals surface area contributed by atoms with Crippen LogP contribution in [0.1, 0.15) is 39.5 Å². The lowest BCUT2D eigenvalue weighted by Crippen LogP contribution is -2.45. The Bertz CT molecular complexity index is 243. The van der Waals surface area contributed by atoms with Gasteiger partial charge in [0.25, 0.3) is 0 Å². The Balaban J connectivity index is 1.65. The summed E-state index contributed by atoms with van der Waals surface area (Å²) in [4.78, 5) is 11.5. The molecule has 1 saturated carbocycles. The van der Waals surface area contributed by atoms with Crippen LogP contribution in [-0.4, -0.2) is 36.7 Å². The molecule has 92 valence electrons. The molecule has 0 radical (unpaired) electrons. The zero-order chi connectivity index (χ0) is 11.5. The van der Waals surface area contributed by atoms with E-state index in [9.17, 15) is 4.79 Å². The highest BCUT2D eigenvalue weighted by atomic mass is 16.5. The fourth-order valence-electron chi connectivity index (χ4n) is 2.32. The molecule has 4 heteroatoms. The van der Waals surface area contributed by atoms with E-state index in [0.717, 1.165) is 25.7 Å². The van der Waals surface area contributed by atoms with Gasteiger partial charge in [-0.3, -0.25) is 4.79 Å². The molecule has 2 atom stereocenters. The van der Waals surface area contributed by atoms with Crippen molar-refractivity contribution in [3.05, 3.63) is 0 Å². The molecule has 1 aliphatic carbocycles. The van der Waals surface area contributed by atoms with Gasteiger partial charge in [0.15, 0.2) is 0 Å². The van der Waals surface area contributed by atoms with Crippen molar-refractivity contribution in [2.45, 2.75) is 63.8 Å². The van der Waals surface area contributed by atoms with Gasteiger partial charge in [-0.05, 0) is 39.5 Å². The van der Waals surface area contributed by atoms with Crippen LogP contribution in [0.15, 0.2) is 0 Å². The van der Waals surface area contributed by atoms with E-state index in [1.54, 1.807) is 0 Å². The SMILES string of the molecule is CC1CC(NCC(=O)NC2CC2)CC(C)O1. The maximum Gasteiger partial charge on any atom is 0.234 e. The smallest absolute Gasteiger partial charge is 0.234 e. The minimum absolute atomic E-state index is 0.134. The van der Waals surface area contributed by atoms with Gasteiger partial charge in [0.05, 0.1) is 18.8 Å². The van der Waals surface area contributed by atoms with Crippen LogP contribution in [-0.2, 0) is 9.53 Å². The van der Waals surface area contributed by atoms with Gasteiger partial charge < -0.3 is 15.4 Å². The Morgan fingerprint density at radius 3 is 2.38 bits per heavy atom. The third kappa shape index (κ3) is 3.76. The molecule has 2 rings (SSSR count). The quantitative estimate of drug-likeness (QED) is 0.746. The summed E-state index contributed by atoms with van der Waals surface area (Å²) in [6.45, 7) is 4.63. The lowest BCUT2D eigenvalue weighted by atomic mass is 10.00. The molecular formula is C12H22N2O2. The summed E-state index contributed by atoms with van der Waals surface area (Å²) < 4.78 is 5.66. The Morgan fingerprint density at radius 2 is 1.81 bits per heavy atom. The molecule has 2 fully saturated rings. The summed E-state index contributed by atoms with van der Waals surface area (Å²) in [6, 6.07) is 0.880. The zero-order valence-corrected chi connectivity index (χ0v) is 10.2. The van der Waals surface area contributed by atoms with E-state index < -0.39 is 0 Å². The fourth-order valence-corrected chi connectivity index (χ4v) is 2.32. The highest BCUT2D eigenvalue weighted by Crippen LogP contribution is 2.19. The van der Waals surface area contributed by atoms with E-state index in [-0.39, 0.29) is 5.91 Å². The fraction of sp³-hybridized carbons (Fsp3) is 0.917. The molecule has 2 N–H and O–H groups in total. The van der Waals surface area contributed by atoms with Gasteiger partial charge >= 0.3 is 0 Å². The van der Waals surface area contributed by atoms with Crippen LogP contribution in [0.25, 0.3) is 0 Å². The first-order chi connectivity index (χ1) is 7.63. The average Bonchev–Trinajstić information content (AvgIpc) is 2.97. The molecule has 0 spiro atoms. The zero-order valence-electron chi connectivity index (χ0n) is 10.2. The lowest BCUT2D eigenvalue weighted by Gasteiger charge is -2.32.